The second-order valence-electron chi connectivity index (χ2n) is 6.54. The van der Waals surface area contributed by atoms with Crippen LogP contribution in [0.3, 0.4) is 0 Å². The van der Waals surface area contributed by atoms with E-state index in [0.29, 0.717) is 17.7 Å². The second-order valence-corrected chi connectivity index (χ2v) is 6.54. The Morgan fingerprint density at radius 3 is 2.00 bits per heavy atom. The van der Waals surface area contributed by atoms with Crippen molar-refractivity contribution in [1.82, 2.24) is 5.32 Å². The number of rotatable bonds is 5. The van der Waals surface area contributed by atoms with Crippen molar-refractivity contribution in [3.8, 4) is 0 Å². The molecule has 1 amide bonds. The van der Waals surface area contributed by atoms with E-state index >= 15 is 0 Å². The SMILES string of the molecule is COC(=O)[C@H](Cc1cccc(C)c1)NC(=O)c1cc(C(F)(F)F)cc(C(F)(F)F)c1. The lowest BCUT2D eigenvalue weighted by molar-refractivity contribution is -0.144. The molecule has 0 fully saturated rings. The minimum atomic E-state index is -5.10. The first-order chi connectivity index (χ1) is 13.8. The molecule has 1 atom stereocenters. The molecule has 0 radical (unpaired) electrons. The van der Waals surface area contributed by atoms with E-state index in [1.54, 1.807) is 31.2 Å². The zero-order valence-electron chi connectivity index (χ0n) is 15.8. The number of hydrogen-bond acceptors (Lipinski definition) is 3. The molecule has 162 valence electrons. The van der Waals surface area contributed by atoms with Gasteiger partial charge in [-0.1, -0.05) is 29.8 Å². The van der Waals surface area contributed by atoms with Gasteiger partial charge in [0.05, 0.1) is 18.2 Å². The van der Waals surface area contributed by atoms with Crippen LogP contribution in [0.25, 0.3) is 0 Å². The van der Waals surface area contributed by atoms with E-state index in [1.165, 1.54) is 0 Å². The summed E-state index contributed by atoms with van der Waals surface area (Å²) in [5, 5.41) is 2.16. The summed E-state index contributed by atoms with van der Waals surface area (Å²) < 4.78 is 82.6. The van der Waals surface area contributed by atoms with Crippen molar-refractivity contribution >= 4 is 11.9 Å². The van der Waals surface area contributed by atoms with E-state index in [9.17, 15) is 35.9 Å². The van der Waals surface area contributed by atoms with Gasteiger partial charge in [-0.25, -0.2) is 4.79 Å². The molecule has 0 aliphatic rings. The number of esters is 1. The van der Waals surface area contributed by atoms with E-state index in [2.05, 4.69) is 10.1 Å². The number of benzene rings is 2. The minimum Gasteiger partial charge on any atom is -0.467 e. The highest BCUT2D eigenvalue weighted by atomic mass is 19.4. The number of hydrogen-bond donors (Lipinski definition) is 1. The molecule has 0 saturated heterocycles. The van der Waals surface area contributed by atoms with Crippen LogP contribution in [-0.4, -0.2) is 25.0 Å². The van der Waals surface area contributed by atoms with Gasteiger partial charge < -0.3 is 10.1 Å². The van der Waals surface area contributed by atoms with E-state index in [0.717, 1.165) is 12.7 Å². The lowest BCUT2D eigenvalue weighted by Gasteiger charge is -2.18. The topological polar surface area (TPSA) is 55.4 Å². The van der Waals surface area contributed by atoms with E-state index < -0.39 is 47.0 Å². The third-order valence-corrected chi connectivity index (χ3v) is 4.16. The first-order valence-electron chi connectivity index (χ1n) is 8.55. The summed E-state index contributed by atoms with van der Waals surface area (Å²) in [7, 11) is 1.05. The fourth-order valence-corrected chi connectivity index (χ4v) is 2.74. The maximum absolute atomic E-state index is 13.0. The molecule has 0 aromatic heterocycles. The van der Waals surface area contributed by atoms with Gasteiger partial charge in [-0.15, -0.1) is 0 Å². The molecular weight excluding hydrogens is 416 g/mol. The van der Waals surface area contributed by atoms with E-state index in [4.69, 9.17) is 0 Å². The van der Waals surface area contributed by atoms with Crippen LogP contribution in [0.2, 0.25) is 0 Å². The molecule has 2 rings (SSSR count). The fraction of sp³-hybridized carbons (Fsp3) is 0.300. The van der Waals surface area contributed by atoms with Crippen LogP contribution < -0.4 is 5.32 Å². The Morgan fingerprint density at radius 1 is 0.967 bits per heavy atom. The quantitative estimate of drug-likeness (QED) is 0.556. The maximum atomic E-state index is 13.0. The molecule has 0 unspecified atom stereocenters. The van der Waals surface area contributed by atoms with Gasteiger partial charge in [0, 0.05) is 12.0 Å². The average molecular weight is 433 g/mol. The number of amides is 1. The second kappa shape index (κ2) is 8.76. The maximum Gasteiger partial charge on any atom is 0.416 e. The Kier molecular flexibility index (Phi) is 6.79. The average Bonchev–Trinajstić information content (AvgIpc) is 2.65. The number of alkyl halides is 6. The van der Waals surface area contributed by atoms with Crippen LogP contribution in [0.15, 0.2) is 42.5 Å². The summed E-state index contributed by atoms with van der Waals surface area (Å²) in [5.41, 5.74) is -2.66. The summed E-state index contributed by atoms with van der Waals surface area (Å²) in [6.45, 7) is 1.79. The van der Waals surface area contributed by atoms with Crippen molar-refractivity contribution in [2.24, 2.45) is 0 Å². The first-order valence-corrected chi connectivity index (χ1v) is 8.55. The summed E-state index contributed by atoms with van der Waals surface area (Å²) in [4.78, 5) is 24.5. The van der Waals surface area contributed by atoms with Crippen molar-refractivity contribution in [2.75, 3.05) is 7.11 Å². The van der Waals surface area contributed by atoms with Crippen molar-refractivity contribution in [2.45, 2.75) is 31.7 Å². The molecule has 0 saturated carbocycles. The summed E-state index contributed by atoms with van der Waals surface area (Å²) in [5.74, 6) is -2.16. The predicted octanol–water partition coefficient (Wildman–Crippen LogP) is 4.55. The molecule has 1 N–H and O–H groups in total. The number of carbonyl (C=O) groups is 2. The lowest BCUT2D eigenvalue weighted by atomic mass is 10.0. The highest BCUT2D eigenvalue weighted by molar-refractivity contribution is 5.97. The molecule has 4 nitrogen and oxygen atoms in total. The van der Waals surface area contributed by atoms with Gasteiger partial charge in [-0.05, 0) is 30.7 Å². The third-order valence-electron chi connectivity index (χ3n) is 4.16. The number of methoxy groups -OCH3 is 1. The zero-order chi connectivity index (χ0) is 22.7. The summed E-state index contributed by atoms with van der Waals surface area (Å²) in [6, 6.07) is 6.06. The van der Waals surface area contributed by atoms with Crippen LogP contribution in [0.4, 0.5) is 26.3 Å². The number of ether oxygens (including phenoxy) is 1. The van der Waals surface area contributed by atoms with Crippen molar-refractivity contribution in [3.63, 3.8) is 0 Å². The molecule has 2 aromatic rings. The number of nitrogens with one attached hydrogen (secondary N) is 1. The lowest BCUT2D eigenvalue weighted by Crippen LogP contribution is -2.43. The van der Waals surface area contributed by atoms with Crippen LogP contribution in [0.5, 0.6) is 0 Å². The Hall–Kier alpha value is -3.04. The Morgan fingerprint density at radius 2 is 1.53 bits per heavy atom. The van der Waals surface area contributed by atoms with Crippen LogP contribution >= 0.6 is 0 Å². The summed E-state index contributed by atoms with van der Waals surface area (Å²) >= 11 is 0. The van der Waals surface area contributed by atoms with Gasteiger partial charge in [-0.3, -0.25) is 4.79 Å². The molecule has 0 spiro atoms. The highest BCUT2D eigenvalue weighted by Crippen LogP contribution is 2.36. The summed E-state index contributed by atoms with van der Waals surface area (Å²) in [6.07, 6.45) is -10.3. The Labute approximate surface area is 167 Å². The highest BCUT2D eigenvalue weighted by Gasteiger charge is 2.37. The predicted molar refractivity (Wildman–Crippen MR) is 94.6 cm³/mol. The zero-order valence-corrected chi connectivity index (χ0v) is 15.8. The normalized spacial score (nSPS) is 12.9. The molecular formula is C20H17F6NO3. The third kappa shape index (κ3) is 5.98. The van der Waals surface area contributed by atoms with Gasteiger partial charge in [-0.2, -0.15) is 26.3 Å². The number of carbonyl (C=O) groups excluding carboxylic acids is 2. The van der Waals surface area contributed by atoms with Crippen molar-refractivity contribution in [3.05, 3.63) is 70.3 Å². The van der Waals surface area contributed by atoms with Crippen LogP contribution in [-0.2, 0) is 28.3 Å². The molecule has 0 aliphatic carbocycles. The van der Waals surface area contributed by atoms with E-state index in [1.807, 2.05) is 0 Å². The van der Waals surface area contributed by atoms with Crippen molar-refractivity contribution in [1.29, 1.82) is 0 Å². The van der Waals surface area contributed by atoms with Gasteiger partial charge in [0.2, 0.25) is 0 Å². The molecule has 10 heteroatoms. The van der Waals surface area contributed by atoms with Gasteiger partial charge >= 0.3 is 18.3 Å². The van der Waals surface area contributed by atoms with Crippen LogP contribution in [0.1, 0.15) is 32.6 Å². The smallest absolute Gasteiger partial charge is 0.416 e. The number of aryl methyl sites for hydroxylation is 1. The molecule has 2 aromatic carbocycles. The minimum absolute atomic E-state index is 0.0643. The molecule has 30 heavy (non-hydrogen) atoms. The Balaban J connectivity index is 2.37. The largest absolute Gasteiger partial charge is 0.467 e. The van der Waals surface area contributed by atoms with Gasteiger partial charge in [0.1, 0.15) is 6.04 Å². The van der Waals surface area contributed by atoms with Crippen LogP contribution in [0, 0.1) is 6.92 Å². The van der Waals surface area contributed by atoms with E-state index in [-0.39, 0.29) is 12.5 Å². The standard InChI is InChI=1S/C20H17F6NO3/c1-11-4-3-5-12(6-11)7-16(18(29)30-2)27-17(28)13-8-14(19(21,22)23)10-15(9-13)20(24,25)26/h3-6,8-10,16H,7H2,1-2H3,(H,27,28)/t16-/m0/s1. The fourth-order valence-electron chi connectivity index (χ4n) is 2.74. The monoisotopic (exact) mass is 433 g/mol. The first kappa shape index (κ1) is 23.2. The Bertz CT molecular complexity index is 905. The van der Waals surface area contributed by atoms with Crippen molar-refractivity contribution < 1.29 is 40.7 Å². The van der Waals surface area contributed by atoms with Gasteiger partial charge in [0.15, 0.2) is 0 Å². The number of halogens is 6. The molecule has 0 heterocycles. The molecule has 0 aliphatic heterocycles. The van der Waals surface area contributed by atoms with Gasteiger partial charge in [0.25, 0.3) is 5.91 Å². The molecule has 0 bridgehead atoms.